The molecule has 6 nitrogen and oxygen atoms in total. The number of hydrogen-bond acceptors (Lipinski definition) is 6. The minimum atomic E-state index is 0.468. The molecule has 2 rings (SSSR count). The van der Waals surface area contributed by atoms with Crippen LogP contribution in [-0.4, -0.2) is 41.3 Å². The molecule has 0 radical (unpaired) electrons. The normalized spacial score (nSPS) is 18.0. The summed E-state index contributed by atoms with van der Waals surface area (Å²) in [6.07, 6.45) is 1.63. The summed E-state index contributed by atoms with van der Waals surface area (Å²) in [5.74, 6) is 1.00. The predicted molar refractivity (Wildman–Crippen MR) is 52.5 cm³/mol. The number of hydrogen-bond donors (Lipinski definition) is 2. The van der Waals surface area contributed by atoms with E-state index in [0.717, 1.165) is 26.3 Å². The Balaban J connectivity index is 1.95. The zero-order valence-corrected chi connectivity index (χ0v) is 7.81. The van der Waals surface area contributed by atoms with Crippen LogP contribution >= 0.6 is 0 Å². The monoisotopic (exact) mass is 195 g/mol. The maximum absolute atomic E-state index is 5.53. The van der Waals surface area contributed by atoms with Gasteiger partial charge in [-0.1, -0.05) is 0 Å². The molecule has 1 aliphatic heterocycles. The number of nitrogens with zero attached hydrogens (tertiary/aromatic N) is 3. The van der Waals surface area contributed by atoms with Gasteiger partial charge in [0.25, 0.3) is 0 Å². The van der Waals surface area contributed by atoms with Crippen LogP contribution in [0.3, 0.4) is 0 Å². The van der Waals surface area contributed by atoms with E-state index in [0.29, 0.717) is 11.8 Å². The van der Waals surface area contributed by atoms with Gasteiger partial charge < -0.3 is 10.5 Å². The molecule has 0 aliphatic carbocycles. The highest BCUT2D eigenvalue weighted by Gasteiger charge is 2.10. The van der Waals surface area contributed by atoms with Crippen molar-refractivity contribution in [2.45, 2.75) is 0 Å². The molecular weight excluding hydrogens is 182 g/mol. The summed E-state index contributed by atoms with van der Waals surface area (Å²) in [5.41, 5.74) is 8.60. The summed E-state index contributed by atoms with van der Waals surface area (Å²) < 4.78 is 5.21. The van der Waals surface area contributed by atoms with E-state index >= 15 is 0 Å². The second kappa shape index (κ2) is 4.21. The molecule has 0 amide bonds. The summed E-state index contributed by atoms with van der Waals surface area (Å²) in [4.78, 5) is 8.09. The molecule has 1 fully saturated rings. The maximum Gasteiger partial charge on any atom is 0.239 e. The Morgan fingerprint density at radius 2 is 2.21 bits per heavy atom. The molecule has 1 aliphatic rings. The average Bonchev–Trinajstić information content (AvgIpc) is 2.19. The van der Waals surface area contributed by atoms with Gasteiger partial charge in [0.1, 0.15) is 5.82 Å². The van der Waals surface area contributed by atoms with Crippen molar-refractivity contribution in [2.24, 2.45) is 0 Å². The van der Waals surface area contributed by atoms with Gasteiger partial charge in [0.05, 0.1) is 13.2 Å². The van der Waals surface area contributed by atoms with Crippen molar-refractivity contribution in [2.75, 3.05) is 37.5 Å². The van der Waals surface area contributed by atoms with E-state index in [9.17, 15) is 0 Å². The minimum absolute atomic E-state index is 0.468. The Bertz CT molecular complexity index is 300. The maximum atomic E-state index is 5.53. The third kappa shape index (κ3) is 2.30. The number of nitrogens with one attached hydrogen (secondary N) is 1. The first kappa shape index (κ1) is 9.17. The van der Waals surface area contributed by atoms with Crippen molar-refractivity contribution in [1.29, 1.82) is 0 Å². The van der Waals surface area contributed by atoms with E-state index in [-0.39, 0.29) is 0 Å². The largest absolute Gasteiger partial charge is 0.384 e. The highest BCUT2D eigenvalue weighted by Crippen LogP contribution is 2.04. The molecule has 3 N–H and O–H groups in total. The molecule has 0 spiro atoms. The van der Waals surface area contributed by atoms with Crippen LogP contribution in [0.25, 0.3) is 0 Å². The lowest BCUT2D eigenvalue weighted by molar-refractivity contribution is 0.0493. The lowest BCUT2D eigenvalue weighted by atomic mass is 10.5. The van der Waals surface area contributed by atoms with Crippen molar-refractivity contribution in [3.63, 3.8) is 0 Å². The van der Waals surface area contributed by atoms with Crippen LogP contribution in [-0.2, 0) is 4.74 Å². The number of rotatable bonds is 2. The zero-order chi connectivity index (χ0) is 9.80. The van der Waals surface area contributed by atoms with Gasteiger partial charge in [-0.3, -0.25) is 5.43 Å². The molecule has 2 heterocycles. The van der Waals surface area contributed by atoms with Crippen molar-refractivity contribution >= 4 is 11.8 Å². The highest BCUT2D eigenvalue weighted by molar-refractivity contribution is 5.34. The van der Waals surface area contributed by atoms with Gasteiger partial charge in [-0.25, -0.2) is 9.99 Å². The summed E-state index contributed by atoms with van der Waals surface area (Å²) >= 11 is 0. The van der Waals surface area contributed by atoms with Crippen molar-refractivity contribution in [3.8, 4) is 0 Å². The molecule has 1 aromatic heterocycles. The Hall–Kier alpha value is -1.40. The topological polar surface area (TPSA) is 76.3 Å². The molecule has 0 bridgehead atoms. The predicted octanol–water partition coefficient (Wildman–Crippen LogP) is -0.282. The number of anilines is 2. The van der Waals surface area contributed by atoms with E-state index < -0.39 is 0 Å². The third-order valence-electron chi connectivity index (χ3n) is 1.95. The molecular formula is C8H13N5O. The van der Waals surface area contributed by atoms with E-state index in [4.69, 9.17) is 10.5 Å². The number of aromatic nitrogens is 2. The second-order valence-corrected chi connectivity index (χ2v) is 3.02. The fourth-order valence-corrected chi connectivity index (χ4v) is 1.24. The van der Waals surface area contributed by atoms with Crippen molar-refractivity contribution in [3.05, 3.63) is 12.3 Å². The first-order chi connectivity index (χ1) is 6.84. The number of nitrogen functional groups attached to an aromatic ring is 1. The van der Waals surface area contributed by atoms with Crippen LogP contribution in [0, 0.1) is 0 Å². The summed E-state index contributed by atoms with van der Waals surface area (Å²) in [5, 5.41) is 2.01. The Morgan fingerprint density at radius 1 is 1.43 bits per heavy atom. The van der Waals surface area contributed by atoms with Crippen LogP contribution in [0.4, 0.5) is 11.8 Å². The van der Waals surface area contributed by atoms with Crippen LogP contribution in [0.2, 0.25) is 0 Å². The van der Waals surface area contributed by atoms with Crippen molar-refractivity contribution in [1.82, 2.24) is 15.0 Å². The quantitative estimate of drug-likeness (QED) is 0.675. The summed E-state index contributed by atoms with van der Waals surface area (Å²) in [6, 6.07) is 1.66. The fraction of sp³-hybridized carbons (Fsp3) is 0.500. The SMILES string of the molecule is Nc1ccnc(NN2CCOCC2)n1. The molecule has 0 atom stereocenters. The van der Waals surface area contributed by atoms with E-state index in [2.05, 4.69) is 15.4 Å². The molecule has 0 unspecified atom stereocenters. The minimum Gasteiger partial charge on any atom is -0.384 e. The first-order valence-electron chi connectivity index (χ1n) is 4.52. The van der Waals surface area contributed by atoms with Crippen LogP contribution in [0.1, 0.15) is 0 Å². The number of morpholine rings is 1. The van der Waals surface area contributed by atoms with Gasteiger partial charge in [-0.05, 0) is 6.07 Å². The first-order valence-corrected chi connectivity index (χ1v) is 4.52. The fourth-order valence-electron chi connectivity index (χ4n) is 1.24. The lowest BCUT2D eigenvalue weighted by Gasteiger charge is -2.26. The summed E-state index contributed by atoms with van der Waals surface area (Å²) in [7, 11) is 0. The summed E-state index contributed by atoms with van der Waals surface area (Å²) in [6.45, 7) is 3.13. The Morgan fingerprint density at radius 3 is 2.93 bits per heavy atom. The van der Waals surface area contributed by atoms with Crippen LogP contribution in [0.15, 0.2) is 12.3 Å². The number of ether oxygens (including phenoxy) is 1. The number of nitrogens with two attached hydrogens (primary N) is 1. The van der Waals surface area contributed by atoms with E-state index in [1.807, 2.05) is 5.01 Å². The smallest absolute Gasteiger partial charge is 0.239 e. The van der Waals surface area contributed by atoms with Crippen molar-refractivity contribution < 1.29 is 4.74 Å². The van der Waals surface area contributed by atoms with Gasteiger partial charge in [0.15, 0.2) is 0 Å². The molecule has 1 saturated heterocycles. The van der Waals surface area contributed by atoms with E-state index in [1.165, 1.54) is 0 Å². The van der Waals surface area contributed by atoms with Gasteiger partial charge >= 0.3 is 0 Å². The highest BCUT2D eigenvalue weighted by atomic mass is 16.5. The van der Waals surface area contributed by atoms with Gasteiger partial charge in [-0.15, -0.1) is 0 Å². The molecule has 6 heteroatoms. The third-order valence-corrected chi connectivity index (χ3v) is 1.95. The van der Waals surface area contributed by atoms with Crippen LogP contribution < -0.4 is 11.2 Å². The Labute approximate surface area is 82.1 Å². The van der Waals surface area contributed by atoms with Crippen LogP contribution in [0.5, 0.6) is 0 Å². The molecule has 1 aromatic rings. The van der Waals surface area contributed by atoms with Gasteiger partial charge in [0.2, 0.25) is 5.95 Å². The standard InChI is InChI=1S/C8H13N5O/c9-7-1-2-10-8(11-7)12-13-3-5-14-6-4-13/h1-2H,3-6H2,(H3,9,10,11,12). The lowest BCUT2D eigenvalue weighted by Crippen LogP contribution is -2.40. The van der Waals surface area contributed by atoms with Gasteiger partial charge in [-0.2, -0.15) is 4.98 Å². The molecule has 76 valence electrons. The zero-order valence-electron chi connectivity index (χ0n) is 7.81. The van der Waals surface area contributed by atoms with Gasteiger partial charge in [0, 0.05) is 19.3 Å². The molecule has 0 saturated carbocycles. The molecule has 0 aromatic carbocycles. The Kier molecular flexibility index (Phi) is 2.76. The average molecular weight is 195 g/mol. The van der Waals surface area contributed by atoms with E-state index in [1.54, 1.807) is 12.3 Å². The second-order valence-electron chi connectivity index (χ2n) is 3.02. The number of hydrazine groups is 1. The molecule has 14 heavy (non-hydrogen) atoms.